The molecule has 22 heavy (non-hydrogen) atoms. The lowest BCUT2D eigenvalue weighted by molar-refractivity contribution is 0.104. The number of aryl methyl sites for hydroxylation is 1. The fourth-order valence-corrected chi connectivity index (χ4v) is 2.23. The molecular weight excluding hydrogens is 280 g/mol. The molecule has 3 rings (SSSR count). The minimum Gasteiger partial charge on any atom is -0.493 e. The summed E-state index contributed by atoms with van der Waals surface area (Å²) in [6.07, 6.45) is 3.29. The number of carbonyl (C=O) groups is 1. The molecule has 4 heteroatoms. The molecule has 0 saturated heterocycles. The van der Waals surface area contributed by atoms with E-state index in [-0.39, 0.29) is 12.6 Å². The zero-order chi connectivity index (χ0) is 15.5. The lowest BCUT2D eigenvalue weighted by atomic mass is 10.1. The maximum atomic E-state index is 12.1. The van der Waals surface area contributed by atoms with Crippen LogP contribution < -0.4 is 14.2 Å². The second-order valence-corrected chi connectivity index (χ2v) is 5.02. The van der Waals surface area contributed by atoms with Crippen LogP contribution in [0.4, 0.5) is 0 Å². The quantitative estimate of drug-likeness (QED) is 0.638. The summed E-state index contributed by atoms with van der Waals surface area (Å²) >= 11 is 0. The summed E-state index contributed by atoms with van der Waals surface area (Å²) in [6.45, 7) is 2.17. The zero-order valence-electron chi connectivity index (χ0n) is 12.5. The van der Waals surface area contributed by atoms with Crippen LogP contribution in [0.5, 0.6) is 17.2 Å². The summed E-state index contributed by atoms with van der Waals surface area (Å²) in [5.41, 5.74) is 2.61. The first-order chi connectivity index (χ1) is 10.7. The second kappa shape index (κ2) is 5.93. The summed E-state index contributed by atoms with van der Waals surface area (Å²) in [5, 5.41) is 0. The highest BCUT2D eigenvalue weighted by Crippen LogP contribution is 2.42. The molecule has 0 amide bonds. The normalized spacial score (nSPS) is 12.6. The molecule has 0 aromatic heterocycles. The maximum Gasteiger partial charge on any atom is 0.231 e. The highest BCUT2D eigenvalue weighted by molar-refractivity contribution is 6.06. The van der Waals surface area contributed by atoms with E-state index < -0.39 is 0 Å². The number of ketones is 1. The van der Waals surface area contributed by atoms with Gasteiger partial charge < -0.3 is 14.2 Å². The lowest BCUT2D eigenvalue weighted by Crippen LogP contribution is -1.94. The van der Waals surface area contributed by atoms with Crippen LogP contribution in [0, 0.1) is 6.92 Å². The van der Waals surface area contributed by atoms with Crippen molar-refractivity contribution in [2.45, 2.75) is 6.92 Å². The van der Waals surface area contributed by atoms with Crippen molar-refractivity contribution in [3.8, 4) is 17.2 Å². The van der Waals surface area contributed by atoms with Crippen LogP contribution in [-0.2, 0) is 0 Å². The molecule has 0 spiro atoms. The van der Waals surface area contributed by atoms with Crippen LogP contribution in [0.3, 0.4) is 0 Å². The van der Waals surface area contributed by atoms with Gasteiger partial charge in [0, 0.05) is 5.56 Å². The van der Waals surface area contributed by atoms with Gasteiger partial charge in [0.05, 0.1) is 7.11 Å². The topological polar surface area (TPSA) is 44.8 Å². The van der Waals surface area contributed by atoms with Crippen molar-refractivity contribution in [2.24, 2.45) is 0 Å². The van der Waals surface area contributed by atoms with E-state index in [9.17, 15) is 4.79 Å². The molecule has 0 aliphatic carbocycles. The van der Waals surface area contributed by atoms with E-state index >= 15 is 0 Å². The van der Waals surface area contributed by atoms with Gasteiger partial charge in [-0.2, -0.15) is 0 Å². The second-order valence-electron chi connectivity index (χ2n) is 5.02. The molecule has 0 bridgehead atoms. The molecule has 0 saturated carbocycles. The highest BCUT2D eigenvalue weighted by atomic mass is 16.7. The van der Waals surface area contributed by atoms with Gasteiger partial charge in [-0.1, -0.05) is 35.9 Å². The summed E-state index contributed by atoms with van der Waals surface area (Å²) < 4.78 is 16.0. The molecule has 2 aromatic rings. The van der Waals surface area contributed by atoms with Gasteiger partial charge >= 0.3 is 0 Å². The minimum absolute atomic E-state index is 0.0448. The Balaban J connectivity index is 1.83. The largest absolute Gasteiger partial charge is 0.493 e. The average molecular weight is 296 g/mol. The summed E-state index contributed by atoms with van der Waals surface area (Å²) in [5.74, 6) is 1.78. The van der Waals surface area contributed by atoms with Gasteiger partial charge in [-0.3, -0.25) is 4.79 Å². The number of ether oxygens (including phenoxy) is 3. The average Bonchev–Trinajstić information content (AvgIpc) is 3.01. The van der Waals surface area contributed by atoms with Crippen molar-refractivity contribution in [2.75, 3.05) is 13.9 Å². The Hall–Kier alpha value is -2.75. The zero-order valence-corrected chi connectivity index (χ0v) is 12.5. The van der Waals surface area contributed by atoms with Crippen molar-refractivity contribution >= 4 is 11.9 Å². The number of methoxy groups -OCH3 is 1. The van der Waals surface area contributed by atoms with Crippen molar-refractivity contribution in [1.29, 1.82) is 0 Å². The molecule has 0 radical (unpaired) electrons. The molecule has 0 unspecified atom stereocenters. The number of hydrogen-bond acceptors (Lipinski definition) is 4. The number of hydrogen-bond donors (Lipinski definition) is 0. The molecule has 0 atom stereocenters. The van der Waals surface area contributed by atoms with Crippen LogP contribution in [0.1, 0.15) is 21.5 Å². The first-order valence-corrected chi connectivity index (χ1v) is 6.94. The van der Waals surface area contributed by atoms with E-state index in [1.165, 1.54) is 0 Å². The number of carbonyl (C=O) groups excluding carboxylic acids is 1. The van der Waals surface area contributed by atoms with Crippen LogP contribution in [0.15, 0.2) is 42.5 Å². The highest BCUT2D eigenvalue weighted by Gasteiger charge is 2.19. The SMILES string of the molecule is COc1cc(/C=C/C(=O)c2ccc(C)cc2)cc2c1OCO2. The third kappa shape index (κ3) is 2.81. The Labute approximate surface area is 128 Å². The van der Waals surface area contributed by atoms with Crippen LogP contribution in [-0.4, -0.2) is 19.7 Å². The first-order valence-electron chi connectivity index (χ1n) is 6.94. The Morgan fingerprint density at radius 3 is 2.68 bits per heavy atom. The monoisotopic (exact) mass is 296 g/mol. The number of fused-ring (bicyclic) bond motifs is 1. The van der Waals surface area contributed by atoms with Crippen molar-refractivity contribution in [1.82, 2.24) is 0 Å². The Kier molecular flexibility index (Phi) is 3.83. The van der Waals surface area contributed by atoms with Gasteiger partial charge in [-0.25, -0.2) is 0 Å². The molecule has 112 valence electrons. The van der Waals surface area contributed by atoms with E-state index in [1.807, 2.05) is 43.3 Å². The summed E-state index contributed by atoms with van der Waals surface area (Å²) in [7, 11) is 1.57. The molecular formula is C18H16O4. The van der Waals surface area contributed by atoms with Gasteiger partial charge in [0.15, 0.2) is 17.3 Å². The van der Waals surface area contributed by atoms with Gasteiger partial charge in [-0.15, -0.1) is 0 Å². The molecule has 1 aliphatic rings. The fraction of sp³-hybridized carbons (Fsp3) is 0.167. The van der Waals surface area contributed by atoms with Gasteiger partial charge in [0.1, 0.15) is 0 Å². The summed E-state index contributed by atoms with van der Waals surface area (Å²) in [6, 6.07) is 11.1. The molecule has 1 heterocycles. The van der Waals surface area contributed by atoms with E-state index in [0.717, 1.165) is 11.1 Å². The van der Waals surface area contributed by atoms with E-state index in [4.69, 9.17) is 14.2 Å². The van der Waals surface area contributed by atoms with Crippen molar-refractivity contribution < 1.29 is 19.0 Å². The van der Waals surface area contributed by atoms with Gasteiger partial charge in [-0.05, 0) is 30.7 Å². The Morgan fingerprint density at radius 2 is 1.95 bits per heavy atom. The first kappa shape index (κ1) is 14.2. The van der Waals surface area contributed by atoms with Crippen LogP contribution >= 0.6 is 0 Å². The fourth-order valence-electron chi connectivity index (χ4n) is 2.23. The smallest absolute Gasteiger partial charge is 0.231 e. The Bertz CT molecular complexity index is 729. The standard InChI is InChI=1S/C18H16O4/c1-12-3-6-14(7-4-12)15(19)8-5-13-9-16(20-2)18-17(10-13)21-11-22-18/h3-10H,11H2,1-2H3/b8-5+. The van der Waals surface area contributed by atoms with E-state index in [1.54, 1.807) is 19.3 Å². The van der Waals surface area contributed by atoms with Crippen molar-refractivity contribution in [3.05, 3.63) is 59.2 Å². The third-order valence-corrected chi connectivity index (χ3v) is 3.44. The Morgan fingerprint density at radius 1 is 1.18 bits per heavy atom. The summed E-state index contributed by atoms with van der Waals surface area (Å²) in [4.78, 5) is 12.1. The number of allylic oxidation sites excluding steroid dienone is 1. The van der Waals surface area contributed by atoms with Crippen LogP contribution in [0.25, 0.3) is 6.08 Å². The third-order valence-electron chi connectivity index (χ3n) is 3.44. The molecule has 2 aromatic carbocycles. The predicted molar refractivity (Wildman–Crippen MR) is 83.7 cm³/mol. The van der Waals surface area contributed by atoms with E-state index in [0.29, 0.717) is 22.8 Å². The van der Waals surface area contributed by atoms with Crippen LogP contribution in [0.2, 0.25) is 0 Å². The van der Waals surface area contributed by atoms with Crippen molar-refractivity contribution in [3.63, 3.8) is 0 Å². The number of rotatable bonds is 4. The van der Waals surface area contributed by atoms with Gasteiger partial charge in [0.2, 0.25) is 12.5 Å². The molecule has 0 fully saturated rings. The maximum absolute atomic E-state index is 12.1. The molecule has 0 N–H and O–H groups in total. The van der Waals surface area contributed by atoms with Gasteiger partial charge in [0.25, 0.3) is 0 Å². The van der Waals surface area contributed by atoms with E-state index in [2.05, 4.69) is 0 Å². The lowest BCUT2D eigenvalue weighted by Gasteiger charge is -2.05. The molecule has 4 nitrogen and oxygen atoms in total. The molecule has 1 aliphatic heterocycles. The minimum atomic E-state index is -0.0448. The predicted octanol–water partition coefficient (Wildman–Crippen LogP) is 3.63. The number of benzene rings is 2.